The summed E-state index contributed by atoms with van der Waals surface area (Å²) in [6.07, 6.45) is 4.92. The van der Waals surface area contributed by atoms with E-state index >= 15 is 0 Å². The number of aliphatic hydroxyl groups excluding tert-OH is 2. The maximum atomic E-state index is 11.2. The number of amides is 1. The standard InChI is InChI=1S/C14H16N2O5.BrH/c1-2-6-20-12-10(8-17)21-14(11(12)18)16-5-3-4-9(7-16)13(15)19;/h1,3-5,7,10-12,14,17-18H,6,8H2,(H-,15,19);1H/t10-,11-,12-,14-;/m1./s1. The first-order valence-electron chi connectivity index (χ1n) is 6.38. The van der Waals surface area contributed by atoms with Crippen molar-refractivity contribution in [2.75, 3.05) is 13.2 Å². The zero-order chi connectivity index (χ0) is 15.4. The molecule has 1 amide bonds. The number of rotatable bonds is 5. The van der Waals surface area contributed by atoms with Crippen LogP contribution in [0, 0.1) is 12.3 Å². The van der Waals surface area contributed by atoms with Crippen LogP contribution in [0.2, 0.25) is 0 Å². The van der Waals surface area contributed by atoms with Crippen LogP contribution in [0.5, 0.6) is 0 Å². The van der Waals surface area contributed by atoms with Crippen LogP contribution < -0.4 is 27.3 Å². The summed E-state index contributed by atoms with van der Waals surface area (Å²) >= 11 is 0. The lowest BCUT2D eigenvalue weighted by molar-refractivity contribution is -0.765. The van der Waals surface area contributed by atoms with Crippen LogP contribution in [-0.4, -0.2) is 47.6 Å². The number of carbonyl (C=O) groups excluding carboxylic acids is 1. The quantitative estimate of drug-likeness (QED) is 0.356. The van der Waals surface area contributed by atoms with Crippen molar-refractivity contribution in [2.24, 2.45) is 5.73 Å². The fraction of sp³-hybridized carbons (Fsp3) is 0.429. The fourth-order valence-electron chi connectivity index (χ4n) is 2.26. The lowest BCUT2D eigenvalue weighted by atomic mass is 10.1. The van der Waals surface area contributed by atoms with Gasteiger partial charge in [0.15, 0.2) is 18.5 Å². The number of halogens is 1. The molecule has 1 fully saturated rings. The Labute approximate surface area is 138 Å². The van der Waals surface area contributed by atoms with Crippen molar-refractivity contribution in [1.29, 1.82) is 0 Å². The molecule has 0 radical (unpaired) electrons. The van der Waals surface area contributed by atoms with Crippen molar-refractivity contribution >= 4 is 5.91 Å². The van der Waals surface area contributed by atoms with Gasteiger partial charge in [-0.15, -0.1) is 6.42 Å². The minimum absolute atomic E-state index is 0. The third kappa shape index (κ3) is 3.82. The largest absolute Gasteiger partial charge is 1.00 e. The molecule has 0 saturated carbocycles. The average molecular weight is 373 g/mol. The predicted octanol–water partition coefficient (Wildman–Crippen LogP) is -4.65. The highest BCUT2D eigenvalue weighted by molar-refractivity contribution is 5.92. The molecule has 1 aromatic rings. The molecular formula is C14H17BrN2O5. The van der Waals surface area contributed by atoms with E-state index in [2.05, 4.69) is 5.92 Å². The first-order valence-corrected chi connectivity index (χ1v) is 6.38. The van der Waals surface area contributed by atoms with Gasteiger partial charge in [-0.25, -0.2) is 0 Å². The number of ether oxygens (including phenoxy) is 2. The molecule has 1 aliphatic rings. The molecule has 0 unspecified atom stereocenters. The minimum Gasteiger partial charge on any atom is -1.00 e. The van der Waals surface area contributed by atoms with Gasteiger partial charge in [-0.05, 0) is 6.07 Å². The molecule has 0 aromatic carbocycles. The molecule has 0 aliphatic carbocycles. The second-order valence-corrected chi connectivity index (χ2v) is 4.62. The summed E-state index contributed by atoms with van der Waals surface area (Å²) in [5, 5.41) is 19.6. The summed E-state index contributed by atoms with van der Waals surface area (Å²) in [5.74, 6) is 1.71. The van der Waals surface area contributed by atoms with Crippen LogP contribution in [0.3, 0.4) is 0 Å². The second-order valence-electron chi connectivity index (χ2n) is 4.62. The van der Waals surface area contributed by atoms with Gasteiger partial charge in [0.2, 0.25) is 0 Å². The molecule has 2 rings (SSSR count). The van der Waals surface area contributed by atoms with E-state index in [0.29, 0.717) is 0 Å². The molecule has 22 heavy (non-hydrogen) atoms. The third-order valence-corrected chi connectivity index (χ3v) is 3.25. The number of pyridine rings is 1. The number of nitrogens with two attached hydrogens (primary N) is 1. The van der Waals surface area contributed by atoms with Crippen LogP contribution in [0.1, 0.15) is 16.6 Å². The molecule has 1 aromatic heterocycles. The maximum absolute atomic E-state index is 11.2. The van der Waals surface area contributed by atoms with E-state index in [0.717, 1.165) is 0 Å². The fourth-order valence-corrected chi connectivity index (χ4v) is 2.26. The maximum Gasteiger partial charge on any atom is 0.292 e. The molecular weight excluding hydrogens is 356 g/mol. The highest BCUT2D eigenvalue weighted by Gasteiger charge is 2.49. The van der Waals surface area contributed by atoms with E-state index in [9.17, 15) is 15.0 Å². The van der Waals surface area contributed by atoms with Gasteiger partial charge < -0.3 is 42.4 Å². The molecule has 4 N–H and O–H groups in total. The Morgan fingerprint density at radius 3 is 2.91 bits per heavy atom. The Balaban J connectivity index is 0.00000242. The number of primary amides is 1. The van der Waals surface area contributed by atoms with E-state index in [1.165, 1.54) is 10.8 Å². The lowest BCUT2D eigenvalue weighted by Crippen LogP contribution is -3.00. The van der Waals surface area contributed by atoms with Crippen LogP contribution in [0.25, 0.3) is 0 Å². The van der Waals surface area contributed by atoms with E-state index < -0.39 is 30.4 Å². The monoisotopic (exact) mass is 372 g/mol. The van der Waals surface area contributed by atoms with E-state index in [1.54, 1.807) is 18.3 Å². The molecule has 1 saturated heterocycles. The second kappa shape index (κ2) is 8.22. The number of aromatic nitrogens is 1. The predicted molar refractivity (Wildman–Crippen MR) is 70.7 cm³/mol. The summed E-state index contributed by atoms with van der Waals surface area (Å²) in [5.41, 5.74) is 5.50. The highest BCUT2D eigenvalue weighted by atomic mass is 79.9. The molecule has 0 bridgehead atoms. The number of aliphatic hydroxyl groups is 2. The third-order valence-electron chi connectivity index (χ3n) is 3.25. The first-order chi connectivity index (χ1) is 10.1. The van der Waals surface area contributed by atoms with Gasteiger partial charge in [0.05, 0.1) is 6.61 Å². The molecule has 2 heterocycles. The highest BCUT2D eigenvalue weighted by Crippen LogP contribution is 2.27. The van der Waals surface area contributed by atoms with Crippen LogP contribution in [0.15, 0.2) is 24.5 Å². The molecule has 0 spiro atoms. The Morgan fingerprint density at radius 1 is 1.59 bits per heavy atom. The Kier molecular flexibility index (Phi) is 6.93. The summed E-state index contributed by atoms with van der Waals surface area (Å²) in [4.78, 5) is 11.2. The van der Waals surface area contributed by atoms with Crippen molar-refractivity contribution in [3.05, 3.63) is 30.1 Å². The van der Waals surface area contributed by atoms with Gasteiger partial charge >= 0.3 is 0 Å². The summed E-state index contributed by atoms with van der Waals surface area (Å²) < 4.78 is 12.4. The summed E-state index contributed by atoms with van der Waals surface area (Å²) in [7, 11) is 0. The number of hydrogen-bond acceptors (Lipinski definition) is 5. The Bertz CT molecular complexity index is 562. The van der Waals surface area contributed by atoms with Gasteiger partial charge in [-0.1, -0.05) is 5.92 Å². The smallest absolute Gasteiger partial charge is 0.292 e. The van der Waals surface area contributed by atoms with Gasteiger partial charge in [-0.2, -0.15) is 4.57 Å². The zero-order valence-electron chi connectivity index (χ0n) is 11.6. The lowest BCUT2D eigenvalue weighted by Gasteiger charge is -2.16. The molecule has 120 valence electrons. The molecule has 7 nitrogen and oxygen atoms in total. The minimum atomic E-state index is -1.04. The summed E-state index contributed by atoms with van der Waals surface area (Å²) in [6, 6.07) is 3.16. The molecule has 4 atom stereocenters. The summed E-state index contributed by atoms with van der Waals surface area (Å²) in [6.45, 7) is -0.320. The van der Waals surface area contributed by atoms with E-state index in [-0.39, 0.29) is 35.8 Å². The first kappa shape index (κ1) is 18.5. The molecule has 8 heteroatoms. The Morgan fingerprint density at radius 2 is 2.32 bits per heavy atom. The number of terminal acetylenes is 1. The number of hydrogen-bond donors (Lipinski definition) is 3. The van der Waals surface area contributed by atoms with Crippen LogP contribution in [0.4, 0.5) is 0 Å². The van der Waals surface area contributed by atoms with Gasteiger partial charge in [-0.3, -0.25) is 4.79 Å². The van der Waals surface area contributed by atoms with Crippen molar-refractivity contribution in [3.63, 3.8) is 0 Å². The zero-order valence-corrected chi connectivity index (χ0v) is 13.2. The molecule has 1 aliphatic heterocycles. The Hall–Kier alpha value is -1.50. The SMILES string of the molecule is C#CCO[C@H]1[C@@H](O)[C@H]([n+]2cccc(C(N)=O)c2)O[C@@H]1CO.[Br-]. The topological polar surface area (TPSA) is 106 Å². The van der Waals surface area contributed by atoms with Crippen LogP contribution >= 0.6 is 0 Å². The number of nitrogens with zero attached hydrogens (tertiary/aromatic N) is 1. The van der Waals surface area contributed by atoms with Crippen LogP contribution in [-0.2, 0) is 9.47 Å². The van der Waals surface area contributed by atoms with Gasteiger partial charge in [0.1, 0.15) is 24.4 Å². The van der Waals surface area contributed by atoms with E-state index in [4.69, 9.17) is 21.6 Å². The van der Waals surface area contributed by atoms with Gasteiger partial charge in [0, 0.05) is 6.07 Å². The van der Waals surface area contributed by atoms with Crippen molar-refractivity contribution in [2.45, 2.75) is 24.5 Å². The normalized spacial score (nSPS) is 27.0. The van der Waals surface area contributed by atoms with Crippen molar-refractivity contribution < 1.29 is 46.0 Å². The van der Waals surface area contributed by atoms with Crippen molar-refractivity contribution in [1.82, 2.24) is 0 Å². The van der Waals surface area contributed by atoms with Crippen molar-refractivity contribution in [3.8, 4) is 12.3 Å². The number of carbonyl (C=O) groups is 1. The average Bonchev–Trinajstić information content (AvgIpc) is 2.81. The van der Waals surface area contributed by atoms with Gasteiger partial charge in [0.25, 0.3) is 12.1 Å². The van der Waals surface area contributed by atoms with E-state index in [1.807, 2.05) is 0 Å².